The fourth-order valence-electron chi connectivity index (χ4n) is 10.2. The van der Waals surface area contributed by atoms with Crippen molar-refractivity contribution in [3.63, 3.8) is 0 Å². The smallest absolute Gasteiger partial charge is 0.302 e. The van der Waals surface area contributed by atoms with Gasteiger partial charge in [0.1, 0.15) is 12.2 Å². The molecule has 0 aromatic rings. The van der Waals surface area contributed by atoms with Crippen molar-refractivity contribution in [2.75, 3.05) is 6.61 Å². The Bertz CT molecular complexity index is 1070. The van der Waals surface area contributed by atoms with E-state index in [9.17, 15) is 19.8 Å². The number of carbonyl (C=O) groups excluding carboxylic acids is 2. The van der Waals surface area contributed by atoms with E-state index in [1.54, 1.807) is 13.8 Å². The number of esters is 1. The molecule has 3 fully saturated rings. The second-order valence-corrected chi connectivity index (χ2v) is 14.9. The van der Waals surface area contributed by atoms with Gasteiger partial charge in [-0.3, -0.25) is 9.59 Å². The molecule has 212 valence electrons. The number of fused-ring (bicyclic) bond motifs is 5. The Morgan fingerprint density at radius 1 is 1.13 bits per heavy atom. The topological polar surface area (TPSA) is 93.1 Å². The van der Waals surface area contributed by atoms with Crippen molar-refractivity contribution >= 4 is 11.8 Å². The Labute approximate surface area is 228 Å². The molecule has 0 aromatic heterocycles. The highest BCUT2D eigenvalue weighted by Crippen LogP contribution is 2.72. The SMILES string of the molecule is CC(=O)O[C@@H]1C[C@H]2C(C)(C)C(=O)C=C[C@]2(C)[C@@H]2CC[C@]3(C)C(=CC[C@H]3[C@H]3CO[C@@H](C(C)(C)O)[C@@H](O)C3)[C@]12C. The van der Waals surface area contributed by atoms with Gasteiger partial charge in [0.25, 0.3) is 0 Å². The first-order valence-electron chi connectivity index (χ1n) is 14.6. The van der Waals surface area contributed by atoms with Gasteiger partial charge in [0, 0.05) is 17.8 Å². The predicted molar refractivity (Wildman–Crippen MR) is 145 cm³/mol. The van der Waals surface area contributed by atoms with Crippen LogP contribution in [0.2, 0.25) is 0 Å². The molecule has 5 aliphatic rings. The van der Waals surface area contributed by atoms with E-state index in [-0.39, 0.29) is 51.9 Å². The minimum atomic E-state index is -1.09. The average Bonchev–Trinajstić information content (AvgIpc) is 3.15. The first kappa shape index (κ1) is 28.0. The minimum Gasteiger partial charge on any atom is -0.462 e. The van der Waals surface area contributed by atoms with Crippen molar-refractivity contribution in [2.45, 2.75) is 111 Å². The van der Waals surface area contributed by atoms with Gasteiger partial charge >= 0.3 is 5.97 Å². The maximum absolute atomic E-state index is 13.0. The second kappa shape index (κ2) is 8.75. The summed E-state index contributed by atoms with van der Waals surface area (Å²) >= 11 is 0. The van der Waals surface area contributed by atoms with Crippen LogP contribution in [0.15, 0.2) is 23.8 Å². The van der Waals surface area contributed by atoms with Crippen molar-refractivity contribution in [2.24, 2.45) is 45.3 Å². The molecule has 4 aliphatic carbocycles. The fraction of sp³-hybridized carbons (Fsp3) is 0.812. The highest BCUT2D eigenvalue weighted by atomic mass is 16.5. The number of carbonyl (C=O) groups is 2. The second-order valence-electron chi connectivity index (χ2n) is 14.9. The summed E-state index contributed by atoms with van der Waals surface area (Å²) in [6, 6.07) is 0. The van der Waals surface area contributed by atoms with E-state index in [1.807, 2.05) is 6.08 Å². The molecule has 10 atom stereocenters. The number of aliphatic hydroxyl groups excluding tert-OH is 1. The number of ether oxygens (including phenoxy) is 2. The van der Waals surface area contributed by atoms with Gasteiger partial charge in [-0.15, -0.1) is 0 Å². The summed E-state index contributed by atoms with van der Waals surface area (Å²) in [5.74, 6) is 0.734. The van der Waals surface area contributed by atoms with E-state index < -0.39 is 23.2 Å². The third kappa shape index (κ3) is 3.83. The number of hydrogen-bond donors (Lipinski definition) is 2. The van der Waals surface area contributed by atoms with Crippen molar-refractivity contribution in [1.82, 2.24) is 0 Å². The quantitative estimate of drug-likeness (QED) is 0.395. The number of rotatable bonds is 3. The zero-order chi connectivity index (χ0) is 28.1. The van der Waals surface area contributed by atoms with E-state index in [4.69, 9.17) is 9.47 Å². The Balaban J connectivity index is 1.51. The van der Waals surface area contributed by atoms with Crippen LogP contribution in [-0.4, -0.2) is 52.5 Å². The lowest BCUT2D eigenvalue weighted by atomic mass is 9.38. The Hall–Kier alpha value is -1.50. The summed E-state index contributed by atoms with van der Waals surface area (Å²) in [7, 11) is 0. The third-order valence-corrected chi connectivity index (χ3v) is 11.9. The number of allylic oxidation sites excluding steroid dienone is 3. The van der Waals surface area contributed by atoms with Gasteiger partial charge in [-0.05, 0) is 86.5 Å². The van der Waals surface area contributed by atoms with E-state index in [2.05, 4.69) is 46.8 Å². The van der Waals surface area contributed by atoms with Crippen LogP contribution in [0.25, 0.3) is 0 Å². The number of ketones is 1. The molecule has 0 amide bonds. The van der Waals surface area contributed by atoms with E-state index in [1.165, 1.54) is 12.5 Å². The van der Waals surface area contributed by atoms with Gasteiger partial charge in [0.15, 0.2) is 5.78 Å². The van der Waals surface area contributed by atoms with Gasteiger partial charge < -0.3 is 19.7 Å². The molecule has 1 aliphatic heterocycles. The van der Waals surface area contributed by atoms with Gasteiger partial charge in [-0.25, -0.2) is 0 Å². The normalized spacial score (nSPS) is 48.0. The van der Waals surface area contributed by atoms with Crippen molar-refractivity contribution in [1.29, 1.82) is 0 Å². The van der Waals surface area contributed by atoms with E-state index in [0.717, 1.165) is 19.3 Å². The summed E-state index contributed by atoms with van der Waals surface area (Å²) in [5.41, 5.74) is -0.822. The molecule has 0 unspecified atom stereocenters. The van der Waals surface area contributed by atoms with Gasteiger partial charge in [0.2, 0.25) is 0 Å². The van der Waals surface area contributed by atoms with Crippen LogP contribution in [0.3, 0.4) is 0 Å². The molecule has 2 N–H and O–H groups in total. The molecule has 0 radical (unpaired) electrons. The largest absolute Gasteiger partial charge is 0.462 e. The predicted octanol–water partition coefficient (Wildman–Crippen LogP) is 5.02. The molecule has 0 spiro atoms. The van der Waals surface area contributed by atoms with Crippen LogP contribution in [0.4, 0.5) is 0 Å². The molecule has 1 saturated heterocycles. The zero-order valence-corrected chi connectivity index (χ0v) is 24.5. The van der Waals surface area contributed by atoms with Crippen molar-refractivity contribution in [3.8, 4) is 0 Å². The Kier molecular flexibility index (Phi) is 6.46. The molecule has 6 nitrogen and oxygen atoms in total. The molecule has 6 heteroatoms. The molecule has 5 rings (SSSR count). The Morgan fingerprint density at radius 3 is 2.42 bits per heavy atom. The lowest BCUT2D eigenvalue weighted by Gasteiger charge is -2.66. The van der Waals surface area contributed by atoms with Crippen LogP contribution in [0.1, 0.15) is 87.5 Å². The summed E-state index contributed by atoms with van der Waals surface area (Å²) < 4.78 is 12.3. The molecule has 0 aromatic carbocycles. The van der Waals surface area contributed by atoms with Crippen LogP contribution in [0.5, 0.6) is 0 Å². The standard InChI is InChI=1S/C32H48O6/c1-18(33)38-26-16-24-28(2,3)25(35)12-14-31(24,7)23-11-13-30(6)20(9-10-22(30)32(23,26)8)19-15-21(34)27(37-17-19)29(4,5)36/h10,12,14,19-21,23-24,26-27,34,36H,9,11,13,15-17H2,1-8H3/t19-,20+,21+,23+,24+,26-,27-,30+,31-,32+/m1/s1. The highest BCUT2D eigenvalue weighted by molar-refractivity contribution is 5.95. The molecule has 2 saturated carbocycles. The molecular weight excluding hydrogens is 480 g/mol. The average molecular weight is 529 g/mol. The fourth-order valence-corrected chi connectivity index (χ4v) is 10.2. The zero-order valence-electron chi connectivity index (χ0n) is 24.5. The third-order valence-electron chi connectivity index (χ3n) is 11.9. The number of aliphatic hydroxyl groups is 2. The minimum absolute atomic E-state index is 0.0914. The monoisotopic (exact) mass is 528 g/mol. The van der Waals surface area contributed by atoms with Crippen molar-refractivity contribution < 1.29 is 29.3 Å². The summed E-state index contributed by atoms with van der Waals surface area (Å²) in [6.45, 7) is 16.5. The highest BCUT2D eigenvalue weighted by Gasteiger charge is 2.68. The molecule has 0 bridgehead atoms. The van der Waals surface area contributed by atoms with Gasteiger partial charge in [-0.2, -0.15) is 0 Å². The lowest BCUT2D eigenvalue weighted by Crippen LogP contribution is -2.64. The number of hydrogen-bond acceptors (Lipinski definition) is 6. The van der Waals surface area contributed by atoms with Gasteiger partial charge in [0.05, 0.1) is 18.3 Å². The van der Waals surface area contributed by atoms with Crippen LogP contribution in [-0.2, 0) is 19.1 Å². The summed E-state index contributed by atoms with van der Waals surface area (Å²) in [6.07, 6.45) is 9.02. The summed E-state index contributed by atoms with van der Waals surface area (Å²) in [5, 5.41) is 21.4. The van der Waals surface area contributed by atoms with Crippen LogP contribution >= 0.6 is 0 Å². The lowest BCUT2D eigenvalue weighted by molar-refractivity contribution is -0.196. The van der Waals surface area contributed by atoms with E-state index in [0.29, 0.717) is 25.4 Å². The van der Waals surface area contributed by atoms with Crippen LogP contribution in [0, 0.1) is 45.3 Å². The van der Waals surface area contributed by atoms with Crippen LogP contribution < -0.4 is 0 Å². The molecular formula is C32H48O6. The maximum Gasteiger partial charge on any atom is 0.302 e. The maximum atomic E-state index is 13.0. The first-order valence-corrected chi connectivity index (χ1v) is 14.6. The van der Waals surface area contributed by atoms with Crippen molar-refractivity contribution in [3.05, 3.63) is 23.8 Å². The molecule has 1 heterocycles. The van der Waals surface area contributed by atoms with Gasteiger partial charge in [-0.1, -0.05) is 52.3 Å². The first-order chi connectivity index (χ1) is 17.5. The Morgan fingerprint density at radius 2 is 1.82 bits per heavy atom. The van der Waals surface area contributed by atoms with E-state index >= 15 is 0 Å². The summed E-state index contributed by atoms with van der Waals surface area (Å²) in [4.78, 5) is 25.4. The molecule has 38 heavy (non-hydrogen) atoms.